The highest BCUT2D eigenvalue weighted by Crippen LogP contribution is 2.38. The predicted octanol–water partition coefficient (Wildman–Crippen LogP) is 4.78. The van der Waals surface area contributed by atoms with Crippen molar-refractivity contribution in [3.05, 3.63) is 41.1 Å². The van der Waals surface area contributed by atoms with Gasteiger partial charge >= 0.3 is 12.4 Å². The molecule has 0 spiro atoms. The summed E-state index contributed by atoms with van der Waals surface area (Å²) in [4.78, 5) is 3.22. The van der Waals surface area contributed by atoms with E-state index < -0.39 is 35.4 Å². The molecule has 0 amide bonds. The summed E-state index contributed by atoms with van der Waals surface area (Å²) in [5.74, 6) is 0. The van der Waals surface area contributed by atoms with Gasteiger partial charge in [-0.05, 0) is 25.0 Å². The number of para-hydroxylation sites is 1. The van der Waals surface area contributed by atoms with Gasteiger partial charge in [0.05, 0.1) is 11.1 Å². The van der Waals surface area contributed by atoms with Crippen molar-refractivity contribution in [2.75, 3.05) is 13.1 Å². The van der Waals surface area contributed by atoms with Gasteiger partial charge in [-0.25, -0.2) is 4.98 Å². The van der Waals surface area contributed by atoms with E-state index in [1.807, 2.05) is 0 Å². The van der Waals surface area contributed by atoms with Crippen LogP contribution in [0, 0.1) is 0 Å². The van der Waals surface area contributed by atoms with E-state index in [0.717, 1.165) is 31.7 Å². The summed E-state index contributed by atoms with van der Waals surface area (Å²) in [6, 6.07) is 3.94. The minimum Gasteiger partial charge on any atom is -0.374 e. The molecule has 0 saturated heterocycles. The maximum absolute atomic E-state index is 13.3. The lowest BCUT2D eigenvalue weighted by Gasteiger charge is -2.23. The number of alkyl halides is 6. The number of pyridine rings is 1. The second-order valence-corrected chi connectivity index (χ2v) is 7.44. The second kappa shape index (κ2) is 9.07. The summed E-state index contributed by atoms with van der Waals surface area (Å²) < 4.78 is 79.6. The number of benzene rings is 1. The van der Waals surface area contributed by atoms with Crippen molar-refractivity contribution in [2.24, 2.45) is 0 Å². The van der Waals surface area contributed by atoms with Crippen LogP contribution in [0.15, 0.2) is 24.3 Å². The molecule has 0 aliphatic heterocycles. The maximum Gasteiger partial charge on any atom is 0.433 e. The number of hydrogen-bond acceptors (Lipinski definition) is 4. The lowest BCUT2D eigenvalue weighted by atomic mass is 9.95. The number of fused-ring (bicyclic) bond motifs is 1. The molecule has 1 saturated carbocycles. The van der Waals surface area contributed by atoms with Crippen LogP contribution in [-0.2, 0) is 12.4 Å². The van der Waals surface area contributed by atoms with Crippen LogP contribution < -0.4 is 10.6 Å². The maximum atomic E-state index is 13.3. The van der Waals surface area contributed by atoms with E-state index in [0.29, 0.717) is 24.7 Å². The van der Waals surface area contributed by atoms with Crippen LogP contribution in [0.5, 0.6) is 0 Å². The topological polar surface area (TPSA) is 57.2 Å². The summed E-state index contributed by atoms with van der Waals surface area (Å²) in [6.45, 7) is 0.715. The first-order chi connectivity index (χ1) is 14.1. The molecule has 1 aliphatic rings. The van der Waals surface area contributed by atoms with E-state index in [4.69, 9.17) is 0 Å². The predicted molar refractivity (Wildman–Crippen MR) is 99.6 cm³/mol. The van der Waals surface area contributed by atoms with E-state index in [2.05, 4.69) is 15.6 Å². The first-order valence-electron chi connectivity index (χ1n) is 9.80. The molecule has 1 heterocycles. The highest BCUT2D eigenvalue weighted by atomic mass is 19.4. The smallest absolute Gasteiger partial charge is 0.374 e. The highest BCUT2D eigenvalue weighted by Gasteiger charge is 2.38. The van der Waals surface area contributed by atoms with Crippen molar-refractivity contribution >= 4 is 10.9 Å². The van der Waals surface area contributed by atoms with E-state index in [1.165, 1.54) is 12.5 Å². The molecule has 1 atom stereocenters. The zero-order chi connectivity index (χ0) is 21.9. The molecular formula is C20H23F6N3O. The molecule has 10 heteroatoms. The zero-order valence-electron chi connectivity index (χ0n) is 16.1. The van der Waals surface area contributed by atoms with Gasteiger partial charge in [-0.1, -0.05) is 31.4 Å². The Kier molecular flexibility index (Phi) is 6.88. The quantitative estimate of drug-likeness (QED) is 0.348. The molecule has 3 rings (SSSR count). The number of hydrogen-bond donors (Lipinski definition) is 3. The molecule has 0 bridgehead atoms. The Morgan fingerprint density at radius 1 is 1.00 bits per heavy atom. The Bertz CT molecular complexity index is 862. The van der Waals surface area contributed by atoms with Crippen molar-refractivity contribution in [1.29, 1.82) is 0 Å². The van der Waals surface area contributed by atoms with Gasteiger partial charge in [-0.3, -0.25) is 5.32 Å². The Morgan fingerprint density at radius 3 is 2.33 bits per heavy atom. The average Bonchev–Trinajstić information content (AvgIpc) is 2.69. The standard InChI is InChI=1S/C20H23F6N3O/c21-19(22,23)15-8-4-7-13-14(11-16(20(24,25)26)29-17(13)15)18(30)28-10-9-27-12-5-2-1-3-6-12/h4,7-8,11-12,18,27-28,30H,1-3,5-6,9-10H2. The molecular weight excluding hydrogens is 412 g/mol. The monoisotopic (exact) mass is 435 g/mol. The Balaban J connectivity index is 1.84. The molecule has 1 aromatic heterocycles. The highest BCUT2D eigenvalue weighted by molar-refractivity contribution is 5.86. The number of rotatable bonds is 6. The van der Waals surface area contributed by atoms with Crippen molar-refractivity contribution in [1.82, 2.24) is 15.6 Å². The molecule has 1 aliphatic carbocycles. The second-order valence-electron chi connectivity index (χ2n) is 7.44. The van der Waals surface area contributed by atoms with E-state index in [1.54, 1.807) is 0 Å². The number of nitrogens with zero attached hydrogens (tertiary/aromatic N) is 1. The Labute approximate surface area is 169 Å². The molecule has 1 unspecified atom stereocenters. The lowest BCUT2D eigenvalue weighted by Crippen LogP contribution is -2.37. The van der Waals surface area contributed by atoms with E-state index in [9.17, 15) is 31.4 Å². The third-order valence-electron chi connectivity index (χ3n) is 5.26. The SMILES string of the molecule is OC(NCCNC1CCCCC1)c1cc(C(F)(F)F)nc2c(C(F)(F)F)cccc12. The summed E-state index contributed by atoms with van der Waals surface area (Å²) in [5, 5.41) is 16.2. The molecule has 1 aromatic carbocycles. The third-order valence-corrected chi connectivity index (χ3v) is 5.26. The molecule has 4 nitrogen and oxygen atoms in total. The zero-order valence-corrected chi connectivity index (χ0v) is 16.1. The van der Waals surface area contributed by atoms with Crippen molar-refractivity contribution in [3.8, 4) is 0 Å². The number of aliphatic hydroxyl groups is 1. The molecule has 166 valence electrons. The van der Waals surface area contributed by atoms with Crippen molar-refractivity contribution in [3.63, 3.8) is 0 Å². The molecule has 2 aromatic rings. The fraction of sp³-hybridized carbons (Fsp3) is 0.550. The number of halogens is 6. The number of aromatic nitrogens is 1. The van der Waals surface area contributed by atoms with Crippen molar-refractivity contribution in [2.45, 2.75) is 56.7 Å². The van der Waals surface area contributed by atoms with Gasteiger partial charge in [0.15, 0.2) is 0 Å². The first kappa shape index (κ1) is 22.8. The van der Waals surface area contributed by atoms with Crippen LogP contribution in [0.1, 0.15) is 55.2 Å². The van der Waals surface area contributed by atoms with E-state index >= 15 is 0 Å². The van der Waals surface area contributed by atoms with Crippen LogP contribution in [-0.4, -0.2) is 29.2 Å². The molecule has 3 N–H and O–H groups in total. The van der Waals surface area contributed by atoms with Gasteiger partial charge in [0.2, 0.25) is 0 Å². The fourth-order valence-corrected chi connectivity index (χ4v) is 3.78. The largest absolute Gasteiger partial charge is 0.433 e. The Morgan fingerprint density at radius 2 is 1.70 bits per heavy atom. The first-order valence-corrected chi connectivity index (χ1v) is 9.80. The number of aliphatic hydroxyl groups excluding tert-OH is 1. The fourth-order valence-electron chi connectivity index (χ4n) is 3.78. The Hall–Kier alpha value is -1.91. The lowest BCUT2D eigenvalue weighted by molar-refractivity contribution is -0.142. The van der Waals surface area contributed by atoms with Crippen LogP contribution in [0.4, 0.5) is 26.3 Å². The van der Waals surface area contributed by atoms with E-state index in [-0.39, 0.29) is 17.5 Å². The summed E-state index contributed by atoms with van der Waals surface area (Å²) >= 11 is 0. The summed E-state index contributed by atoms with van der Waals surface area (Å²) in [7, 11) is 0. The summed E-state index contributed by atoms with van der Waals surface area (Å²) in [6.07, 6.45) is -5.84. The minimum atomic E-state index is -4.95. The summed E-state index contributed by atoms with van der Waals surface area (Å²) in [5.41, 5.74) is -3.89. The normalized spacial score (nSPS) is 17.4. The van der Waals surface area contributed by atoms with Gasteiger partial charge in [-0.15, -0.1) is 0 Å². The van der Waals surface area contributed by atoms with Crippen LogP contribution >= 0.6 is 0 Å². The third kappa shape index (κ3) is 5.41. The molecule has 1 fully saturated rings. The van der Waals surface area contributed by atoms with Gasteiger partial charge in [0, 0.05) is 30.1 Å². The van der Waals surface area contributed by atoms with Crippen LogP contribution in [0.3, 0.4) is 0 Å². The van der Waals surface area contributed by atoms with Gasteiger partial charge in [-0.2, -0.15) is 26.3 Å². The van der Waals surface area contributed by atoms with Crippen LogP contribution in [0.25, 0.3) is 10.9 Å². The van der Waals surface area contributed by atoms with Gasteiger partial charge in [0.25, 0.3) is 0 Å². The molecule has 30 heavy (non-hydrogen) atoms. The molecule has 0 radical (unpaired) electrons. The van der Waals surface area contributed by atoms with Crippen LogP contribution in [0.2, 0.25) is 0 Å². The van der Waals surface area contributed by atoms with Crippen molar-refractivity contribution < 1.29 is 31.4 Å². The number of nitrogens with one attached hydrogen (secondary N) is 2. The average molecular weight is 435 g/mol. The minimum absolute atomic E-state index is 0.182. The van der Waals surface area contributed by atoms with Gasteiger partial charge < -0.3 is 10.4 Å². The van der Waals surface area contributed by atoms with Gasteiger partial charge in [0.1, 0.15) is 11.9 Å².